The highest BCUT2D eigenvalue weighted by atomic mass is 19.1. The number of amides is 1. The fourth-order valence-corrected chi connectivity index (χ4v) is 5.27. The summed E-state index contributed by atoms with van der Waals surface area (Å²) in [6.45, 7) is 3.13. The minimum absolute atomic E-state index is 0.0384. The number of aromatic nitrogens is 2. The predicted molar refractivity (Wildman–Crippen MR) is 155 cm³/mol. The van der Waals surface area contributed by atoms with E-state index in [1.54, 1.807) is 18.5 Å². The molecule has 41 heavy (non-hydrogen) atoms. The predicted octanol–water partition coefficient (Wildman–Crippen LogP) is 5.08. The Morgan fingerprint density at radius 1 is 1.15 bits per heavy atom. The molecular weight excluding hydrogens is 522 g/mol. The largest absolute Gasteiger partial charge is 0.390 e. The molecule has 0 saturated heterocycles. The van der Waals surface area contributed by atoms with Crippen LogP contribution in [0.5, 0.6) is 0 Å². The van der Waals surface area contributed by atoms with Gasteiger partial charge in [-0.05, 0) is 79.3 Å². The SMILES string of the molecule is C#Cc1cccc(C2(NC[C@H](O)[C@H](Cc3cc(F)cc(F)c3)NC(=O)c3ccc4c(c3)ncn4CCCC)CC2)c1. The second-order valence-corrected chi connectivity index (χ2v) is 10.8. The van der Waals surface area contributed by atoms with Crippen LogP contribution in [0.1, 0.15) is 59.7 Å². The normalized spacial score (nSPS) is 15.3. The monoisotopic (exact) mass is 556 g/mol. The van der Waals surface area contributed by atoms with Crippen molar-refractivity contribution in [2.75, 3.05) is 6.54 Å². The van der Waals surface area contributed by atoms with Crippen molar-refractivity contribution in [2.24, 2.45) is 0 Å². The van der Waals surface area contributed by atoms with Crippen LogP contribution in [0.4, 0.5) is 8.78 Å². The molecule has 5 rings (SSSR count). The van der Waals surface area contributed by atoms with Crippen LogP contribution < -0.4 is 10.6 Å². The first-order valence-electron chi connectivity index (χ1n) is 14.0. The molecule has 0 unspecified atom stereocenters. The van der Waals surface area contributed by atoms with Crippen LogP contribution in [0.3, 0.4) is 0 Å². The minimum atomic E-state index is -1.05. The number of aryl methyl sites for hydroxylation is 1. The van der Waals surface area contributed by atoms with Crippen LogP contribution in [0.25, 0.3) is 11.0 Å². The van der Waals surface area contributed by atoms with E-state index < -0.39 is 29.7 Å². The third-order valence-electron chi connectivity index (χ3n) is 7.78. The molecule has 0 aliphatic heterocycles. The number of hydrogen-bond donors (Lipinski definition) is 3. The van der Waals surface area contributed by atoms with Gasteiger partial charge in [0.1, 0.15) is 11.6 Å². The number of carbonyl (C=O) groups is 1. The second kappa shape index (κ2) is 12.2. The number of nitrogens with one attached hydrogen (secondary N) is 2. The summed E-state index contributed by atoms with van der Waals surface area (Å²) in [6, 6.07) is 15.4. The Hall–Kier alpha value is -4.06. The summed E-state index contributed by atoms with van der Waals surface area (Å²) in [5.74, 6) is 0.818. The number of benzene rings is 3. The fourth-order valence-electron chi connectivity index (χ4n) is 5.27. The van der Waals surface area contributed by atoms with Crippen molar-refractivity contribution in [1.29, 1.82) is 0 Å². The lowest BCUT2D eigenvalue weighted by molar-refractivity contribution is 0.0822. The van der Waals surface area contributed by atoms with E-state index in [0.717, 1.165) is 54.9 Å². The molecule has 1 aliphatic carbocycles. The zero-order chi connectivity index (χ0) is 29.0. The van der Waals surface area contributed by atoms with E-state index in [4.69, 9.17) is 6.42 Å². The highest BCUT2D eigenvalue weighted by Crippen LogP contribution is 2.45. The van der Waals surface area contributed by atoms with Crippen molar-refractivity contribution >= 4 is 16.9 Å². The Labute approximate surface area is 238 Å². The molecule has 1 aromatic heterocycles. The Bertz CT molecular complexity index is 1570. The number of aliphatic hydroxyl groups is 1. The van der Waals surface area contributed by atoms with Gasteiger partial charge >= 0.3 is 0 Å². The number of halogens is 2. The summed E-state index contributed by atoms with van der Waals surface area (Å²) in [4.78, 5) is 17.8. The lowest BCUT2D eigenvalue weighted by atomic mass is 9.98. The lowest BCUT2D eigenvalue weighted by Crippen LogP contribution is -2.50. The zero-order valence-corrected chi connectivity index (χ0v) is 23.0. The summed E-state index contributed by atoms with van der Waals surface area (Å²) in [5, 5.41) is 17.6. The molecule has 2 atom stereocenters. The van der Waals surface area contributed by atoms with Crippen molar-refractivity contribution in [3.8, 4) is 12.3 Å². The first kappa shape index (κ1) is 28.5. The second-order valence-electron chi connectivity index (χ2n) is 10.8. The van der Waals surface area contributed by atoms with E-state index in [-0.39, 0.29) is 18.5 Å². The standard InChI is InChI=1S/C33H34F2N4O2/c1-3-5-13-39-21-36-28-18-24(9-10-30(28)39)32(41)38-29(17-23-15-26(34)19-27(35)16-23)31(40)20-37-33(11-12-33)25-8-6-7-22(4-2)14-25/h2,6-10,14-16,18-19,21,29,31,37,40H,3,5,11-13,17,20H2,1H3,(H,38,41)/t29-,31-/m0/s1. The van der Waals surface area contributed by atoms with Crippen LogP contribution in [0.2, 0.25) is 0 Å². The Morgan fingerprint density at radius 2 is 1.93 bits per heavy atom. The zero-order valence-electron chi connectivity index (χ0n) is 23.0. The van der Waals surface area contributed by atoms with E-state index in [2.05, 4.69) is 33.0 Å². The average Bonchev–Trinajstić information content (AvgIpc) is 3.66. The van der Waals surface area contributed by atoms with Gasteiger partial charge in [-0.1, -0.05) is 31.4 Å². The number of terminal acetylenes is 1. The molecule has 1 aliphatic rings. The number of carbonyl (C=O) groups excluding carboxylic acids is 1. The van der Waals surface area contributed by atoms with Gasteiger partial charge in [-0.3, -0.25) is 4.79 Å². The van der Waals surface area contributed by atoms with Crippen molar-refractivity contribution < 1.29 is 18.7 Å². The Kier molecular flexibility index (Phi) is 8.48. The molecule has 6 nitrogen and oxygen atoms in total. The number of aliphatic hydroxyl groups excluding tert-OH is 1. The number of imidazole rings is 1. The molecule has 1 saturated carbocycles. The first-order chi connectivity index (χ1) is 19.8. The third-order valence-corrected chi connectivity index (χ3v) is 7.78. The quantitative estimate of drug-likeness (QED) is 0.213. The van der Waals surface area contributed by atoms with Crippen molar-refractivity contribution in [3.63, 3.8) is 0 Å². The maximum absolute atomic E-state index is 14.0. The minimum Gasteiger partial charge on any atom is -0.390 e. The first-order valence-corrected chi connectivity index (χ1v) is 14.0. The van der Waals surface area contributed by atoms with Crippen LogP contribution in [0.15, 0.2) is 67.0 Å². The molecule has 1 amide bonds. The average molecular weight is 557 g/mol. The van der Waals surface area contributed by atoms with E-state index in [1.165, 1.54) is 12.1 Å². The van der Waals surface area contributed by atoms with Gasteiger partial charge in [0.15, 0.2) is 0 Å². The van der Waals surface area contributed by atoms with Gasteiger partial charge in [0.05, 0.1) is 29.5 Å². The van der Waals surface area contributed by atoms with Gasteiger partial charge in [0.2, 0.25) is 0 Å². The van der Waals surface area contributed by atoms with Gasteiger partial charge < -0.3 is 20.3 Å². The highest BCUT2D eigenvalue weighted by molar-refractivity contribution is 5.97. The van der Waals surface area contributed by atoms with E-state index >= 15 is 0 Å². The molecule has 0 bridgehead atoms. The molecule has 0 spiro atoms. The van der Waals surface area contributed by atoms with Crippen LogP contribution in [-0.4, -0.2) is 39.3 Å². The van der Waals surface area contributed by atoms with E-state index in [1.807, 2.05) is 30.3 Å². The fraction of sp³-hybridized carbons (Fsp3) is 0.333. The van der Waals surface area contributed by atoms with E-state index in [9.17, 15) is 18.7 Å². The van der Waals surface area contributed by atoms with Crippen LogP contribution >= 0.6 is 0 Å². The molecule has 1 fully saturated rings. The van der Waals surface area contributed by atoms with Crippen molar-refractivity contribution in [1.82, 2.24) is 20.2 Å². The maximum Gasteiger partial charge on any atom is 0.251 e. The van der Waals surface area contributed by atoms with Crippen molar-refractivity contribution in [3.05, 3.63) is 101 Å². The van der Waals surface area contributed by atoms with Gasteiger partial charge in [0.25, 0.3) is 5.91 Å². The molecule has 0 radical (unpaired) electrons. The highest BCUT2D eigenvalue weighted by Gasteiger charge is 2.44. The third kappa shape index (κ3) is 6.64. The Morgan fingerprint density at radius 3 is 2.63 bits per heavy atom. The number of fused-ring (bicyclic) bond motifs is 1. The van der Waals surface area contributed by atoms with Crippen LogP contribution in [0, 0.1) is 24.0 Å². The number of unbranched alkanes of at least 4 members (excludes halogenated alkanes) is 1. The van der Waals surface area contributed by atoms with Crippen molar-refractivity contribution in [2.45, 2.75) is 63.3 Å². The van der Waals surface area contributed by atoms with Gasteiger partial charge in [0, 0.05) is 35.8 Å². The van der Waals surface area contributed by atoms with Gasteiger partial charge in [-0.2, -0.15) is 0 Å². The van der Waals surface area contributed by atoms with E-state index in [0.29, 0.717) is 16.6 Å². The summed E-state index contributed by atoms with van der Waals surface area (Å²) in [5.41, 5.74) is 3.87. The van der Waals surface area contributed by atoms with Gasteiger partial charge in [-0.15, -0.1) is 6.42 Å². The molecule has 1 heterocycles. The lowest BCUT2D eigenvalue weighted by Gasteiger charge is -2.27. The number of nitrogens with zero attached hydrogens (tertiary/aromatic N) is 2. The summed E-state index contributed by atoms with van der Waals surface area (Å²) in [7, 11) is 0. The molecule has 8 heteroatoms. The summed E-state index contributed by atoms with van der Waals surface area (Å²) >= 11 is 0. The molecule has 4 aromatic rings. The molecule has 212 valence electrons. The van der Waals surface area contributed by atoms with Gasteiger partial charge in [-0.25, -0.2) is 13.8 Å². The summed E-state index contributed by atoms with van der Waals surface area (Å²) in [6.07, 6.45) is 10.2. The smallest absolute Gasteiger partial charge is 0.251 e. The Balaban J connectivity index is 1.34. The summed E-state index contributed by atoms with van der Waals surface area (Å²) < 4.78 is 30.0. The topological polar surface area (TPSA) is 79.2 Å². The van der Waals surface area contributed by atoms with Crippen LogP contribution in [-0.2, 0) is 18.5 Å². The maximum atomic E-state index is 14.0. The molecule has 3 aromatic carbocycles. The molecule has 3 N–H and O–H groups in total. The number of hydrogen-bond acceptors (Lipinski definition) is 4. The molecular formula is C33H34F2N4O2. The number of rotatable bonds is 12.